The number of carbonyl (C=O) groups is 2. The highest BCUT2D eigenvalue weighted by Gasteiger charge is 2.27. The molecule has 0 heterocycles. The molecule has 0 aliphatic rings. The lowest BCUT2D eigenvalue weighted by atomic mass is 9.99. The first-order chi connectivity index (χ1) is 5.99. The summed E-state index contributed by atoms with van der Waals surface area (Å²) in [5, 5.41) is 26.1. The zero-order chi connectivity index (χ0) is 10.4. The van der Waals surface area contributed by atoms with Gasteiger partial charge in [-0.15, -0.1) is 0 Å². The van der Waals surface area contributed by atoms with Crippen molar-refractivity contribution in [2.45, 2.75) is 32.3 Å². The van der Waals surface area contributed by atoms with Gasteiger partial charge in [-0.05, 0) is 12.8 Å². The van der Waals surface area contributed by atoms with Crippen LogP contribution < -0.4 is 0 Å². The Morgan fingerprint density at radius 3 is 2.00 bits per heavy atom. The molecule has 0 aliphatic carbocycles. The quantitative estimate of drug-likeness (QED) is 0.524. The first-order valence-electron chi connectivity index (χ1n) is 4.12. The standard InChI is InChI=1S/C8H14O5/c1-2-3-5(9)4-6(7(10)11)8(12)13/h5-6,9H,2-4H2,1H3,(H,10,11)(H,12,13). The summed E-state index contributed by atoms with van der Waals surface area (Å²) in [6, 6.07) is 0. The largest absolute Gasteiger partial charge is 0.481 e. The molecule has 0 fully saturated rings. The van der Waals surface area contributed by atoms with E-state index in [1.165, 1.54) is 0 Å². The summed E-state index contributed by atoms with van der Waals surface area (Å²) in [5.41, 5.74) is 0. The summed E-state index contributed by atoms with van der Waals surface area (Å²) in [5.74, 6) is -4.30. The summed E-state index contributed by atoms with van der Waals surface area (Å²) >= 11 is 0. The summed E-state index contributed by atoms with van der Waals surface area (Å²) < 4.78 is 0. The van der Waals surface area contributed by atoms with Gasteiger partial charge in [0, 0.05) is 0 Å². The van der Waals surface area contributed by atoms with Crippen molar-refractivity contribution in [3.8, 4) is 0 Å². The smallest absolute Gasteiger partial charge is 0.317 e. The van der Waals surface area contributed by atoms with Crippen molar-refractivity contribution in [1.29, 1.82) is 0 Å². The van der Waals surface area contributed by atoms with E-state index in [4.69, 9.17) is 10.2 Å². The molecule has 0 radical (unpaired) electrons. The van der Waals surface area contributed by atoms with Gasteiger partial charge in [0.25, 0.3) is 0 Å². The van der Waals surface area contributed by atoms with E-state index < -0.39 is 24.0 Å². The lowest BCUT2D eigenvalue weighted by molar-refractivity contribution is -0.156. The maximum atomic E-state index is 10.4. The molecular formula is C8H14O5. The number of aliphatic carboxylic acids is 2. The van der Waals surface area contributed by atoms with E-state index in [9.17, 15) is 14.7 Å². The van der Waals surface area contributed by atoms with Crippen LogP contribution in [0.25, 0.3) is 0 Å². The van der Waals surface area contributed by atoms with Crippen LogP contribution in [0.2, 0.25) is 0 Å². The highest BCUT2D eigenvalue weighted by Crippen LogP contribution is 2.11. The van der Waals surface area contributed by atoms with Crippen molar-refractivity contribution in [2.75, 3.05) is 0 Å². The maximum Gasteiger partial charge on any atom is 0.317 e. The van der Waals surface area contributed by atoms with Crippen molar-refractivity contribution in [1.82, 2.24) is 0 Å². The Morgan fingerprint density at radius 1 is 1.23 bits per heavy atom. The molecule has 0 aromatic heterocycles. The van der Waals surface area contributed by atoms with Crippen molar-refractivity contribution in [2.24, 2.45) is 5.92 Å². The fraction of sp³-hybridized carbons (Fsp3) is 0.750. The second-order valence-electron chi connectivity index (χ2n) is 2.91. The van der Waals surface area contributed by atoms with Gasteiger partial charge >= 0.3 is 11.9 Å². The average Bonchev–Trinajstić information content (AvgIpc) is 1.99. The molecule has 0 saturated carbocycles. The lowest BCUT2D eigenvalue weighted by Gasteiger charge is -2.12. The van der Waals surface area contributed by atoms with Crippen LogP contribution in [0, 0.1) is 5.92 Å². The Hall–Kier alpha value is -1.10. The molecule has 76 valence electrons. The Morgan fingerprint density at radius 2 is 1.69 bits per heavy atom. The molecule has 0 bridgehead atoms. The lowest BCUT2D eigenvalue weighted by Crippen LogP contribution is -2.27. The number of carboxylic acids is 2. The summed E-state index contributed by atoms with van der Waals surface area (Å²) in [6.45, 7) is 1.83. The highest BCUT2D eigenvalue weighted by atomic mass is 16.4. The fourth-order valence-corrected chi connectivity index (χ4v) is 1.03. The predicted octanol–water partition coefficient (Wildman–Crippen LogP) is 0.323. The van der Waals surface area contributed by atoms with E-state index >= 15 is 0 Å². The van der Waals surface area contributed by atoms with Crippen molar-refractivity contribution in [3.05, 3.63) is 0 Å². The third-order valence-electron chi connectivity index (χ3n) is 1.73. The zero-order valence-corrected chi connectivity index (χ0v) is 7.43. The second kappa shape index (κ2) is 5.53. The Bertz CT molecular complexity index is 175. The van der Waals surface area contributed by atoms with E-state index in [1.807, 2.05) is 6.92 Å². The Kier molecular flexibility index (Phi) is 5.06. The second-order valence-corrected chi connectivity index (χ2v) is 2.91. The Balaban J connectivity index is 4.10. The third-order valence-corrected chi connectivity index (χ3v) is 1.73. The van der Waals surface area contributed by atoms with Crippen molar-refractivity contribution in [3.63, 3.8) is 0 Å². The Labute approximate surface area is 76.0 Å². The van der Waals surface area contributed by atoms with Crippen molar-refractivity contribution < 1.29 is 24.9 Å². The van der Waals surface area contributed by atoms with Crippen LogP contribution in [-0.4, -0.2) is 33.4 Å². The van der Waals surface area contributed by atoms with E-state index in [-0.39, 0.29) is 6.42 Å². The van der Waals surface area contributed by atoms with Crippen LogP contribution in [-0.2, 0) is 9.59 Å². The van der Waals surface area contributed by atoms with Gasteiger partial charge in [0.1, 0.15) is 0 Å². The number of hydrogen-bond acceptors (Lipinski definition) is 3. The minimum atomic E-state index is -1.50. The van der Waals surface area contributed by atoms with Gasteiger partial charge in [0.2, 0.25) is 0 Å². The number of aliphatic hydroxyl groups excluding tert-OH is 1. The van der Waals surface area contributed by atoms with Gasteiger partial charge in [-0.2, -0.15) is 0 Å². The number of hydrogen-bond donors (Lipinski definition) is 3. The van der Waals surface area contributed by atoms with Gasteiger partial charge in [0.05, 0.1) is 6.10 Å². The number of carboxylic acid groups (broad SMARTS) is 2. The minimum absolute atomic E-state index is 0.224. The van der Waals surface area contributed by atoms with Crippen LogP contribution in [0.15, 0.2) is 0 Å². The molecule has 0 amide bonds. The third kappa shape index (κ3) is 4.47. The molecule has 0 spiro atoms. The zero-order valence-electron chi connectivity index (χ0n) is 7.43. The van der Waals surface area contributed by atoms with Gasteiger partial charge in [0.15, 0.2) is 5.92 Å². The first-order valence-corrected chi connectivity index (χ1v) is 4.12. The van der Waals surface area contributed by atoms with E-state index in [1.54, 1.807) is 0 Å². The van der Waals surface area contributed by atoms with Gasteiger partial charge in [-0.1, -0.05) is 13.3 Å². The maximum absolute atomic E-state index is 10.4. The van der Waals surface area contributed by atoms with Crippen LogP contribution in [0.3, 0.4) is 0 Å². The molecule has 5 nitrogen and oxygen atoms in total. The molecule has 0 rings (SSSR count). The van der Waals surface area contributed by atoms with E-state index in [0.29, 0.717) is 12.8 Å². The molecule has 0 aromatic rings. The molecule has 1 unspecified atom stereocenters. The molecule has 13 heavy (non-hydrogen) atoms. The molecule has 0 saturated heterocycles. The average molecular weight is 190 g/mol. The summed E-state index contributed by atoms with van der Waals surface area (Å²) in [4.78, 5) is 20.8. The highest BCUT2D eigenvalue weighted by molar-refractivity contribution is 5.92. The van der Waals surface area contributed by atoms with Crippen LogP contribution in [0.1, 0.15) is 26.2 Å². The van der Waals surface area contributed by atoms with Gasteiger partial charge in [-0.3, -0.25) is 9.59 Å². The van der Waals surface area contributed by atoms with Gasteiger partial charge in [-0.25, -0.2) is 0 Å². The van der Waals surface area contributed by atoms with Crippen LogP contribution in [0.5, 0.6) is 0 Å². The van der Waals surface area contributed by atoms with E-state index in [0.717, 1.165) is 0 Å². The summed E-state index contributed by atoms with van der Waals surface area (Å²) in [6.07, 6.45) is 0.0603. The fourth-order valence-electron chi connectivity index (χ4n) is 1.03. The molecule has 5 heteroatoms. The molecular weight excluding hydrogens is 176 g/mol. The minimum Gasteiger partial charge on any atom is -0.481 e. The molecule has 3 N–H and O–H groups in total. The number of aliphatic hydroxyl groups is 1. The number of rotatable bonds is 6. The SMILES string of the molecule is CCCC(O)CC(C(=O)O)C(=O)O. The van der Waals surface area contributed by atoms with Gasteiger partial charge < -0.3 is 15.3 Å². The first kappa shape index (κ1) is 11.9. The topological polar surface area (TPSA) is 94.8 Å². The molecule has 0 aromatic carbocycles. The molecule has 1 atom stereocenters. The molecule has 0 aliphatic heterocycles. The monoisotopic (exact) mass is 190 g/mol. The van der Waals surface area contributed by atoms with Crippen LogP contribution >= 0.6 is 0 Å². The van der Waals surface area contributed by atoms with E-state index in [2.05, 4.69) is 0 Å². The van der Waals surface area contributed by atoms with Crippen LogP contribution in [0.4, 0.5) is 0 Å². The normalized spacial score (nSPS) is 12.8. The van der Waals surface area contributed by atoms with Crippen molar-refractivity contribution >= 4 is 11.9 Å². The predicted molar refractivity (Wildman–Crippen MR) is 44.3 cm³/mol. The summed E-state index contributed by atoms with van der Waals surface area (Å²) in [7, 11) is 0.